The van der Waals surface area contributed by atoms with Crippen molar-refractivity contribution in [2.45, 2.75) is 6.92 Å². The molecule has 0 amide bonds. The summed E-state index contributed by atoms with van der Waals surface area (Å²) in [5, 5.41) is 8.20. The monoisotopic (exact) mass is 204 g/mol. The van der Waals surface area contributed by atoms with Crippen LogP contribution in [0.2, 0.25) is 0 Å². The van der Waals surface area contributed by atoms with E-state index in [4.69, 9.17) is 9.84 Å². The maximum atomic E-state index is 8.20. The zero-order chi connectivity index (χ0) is 10.8. The van der Waals surface area contributed by atoms with Crippen molar-refractivity contribution in [2.75, 3.05) is 60.1 Å². The summed E-state index contributed by atoms with van der Waals surface area (Å²) >= 11 is 0. The van der Waals surface area contributed by atoms with Crippen molar-refractivity contribution in [1.29, 1.82) is 0 Å². The summed E-state index contributed by atoms with van der Waals surface area (Å²) in [6.07, 6.45) is 0. The molecule has 0 spiro atoms. The lowest BCUT2D eigenvalue weighted by atomic mass is 10.4. The Balaban J connectivity index is 0.000000255. The maximum Gasteiger partial charge on any atom is 0.0594 e. The van der Waals surface area contributed by atoms with Gasteiger partial charge in [0.15, 0.2) is 0 Å². The first-order valence-electron chi connectivity index (χ1n) is 5.26. The number of aliphatic hydroxyl groups is 1. The van der Waals surface area contributed by atoms with Gasteiger partial charge in [-0.1, -0.05) is 6.92 Å². The molecule has 0 aromatic carbocycles. The number of hydrogen-bond acceptors (Lipinski definition) is 4. The van der Waals surface area contributed by atoms with Crippen molar-refractivity contribution < 1.29 is 9.84 Å². The van der Waals surface area contributed by atoms with Crippen molar-refractivity contribution in [3.63, 3.8) is 0 Å². The van der Waals surface area contributed by atoms with E-state index in [9.17, 15) is 0 Å². The maximum absolute atomic E-state index is 8.20. The van der Waals surface area contributed by atoms with Crippen molar-refractivity contribution in [1.82, 2.24) is 9.80 Å². The van der Waals surface area contributed by atoms with Crippen LogP contribution < -0.4 is 0 Å². The smallest absolute Gasteiger partial charge is 0.0594 e. The molecule has 86 valence electrons. The van der Waals surface area contributed by atoms with Gasteiger partial charge in [0.05, 0.1) is 19.8 Å². The zero-order valence-corrected chi connectivity index (χ0v) is 9.70. The van der Waals surface area contributed by atoms with Gasteiger partial charge < -0.3 is 14.7 Å². The molecule has 4 heteroatoms. The van der Waals surface area contributed by atoms with Gasteiger partial charge in [-0.3, -0.25) is 4.90 Å². The van der Waals surface area contributed by atoms with Gasteiger partial charge in [0.25, 0.3) is 0 Å². The van der Waals surface area contributed by atoms with E-state index in [-0.39, 0.29) is 6.61 Å². The predicted octanol–water partition coefficient (Wildman–Crippen LogP) is -0.121. The Hall–Kier alpha value is -0.160. The second-order valence-corrected chi connectivity index (χ2v) is 3.57. The SMILES string of the molecule is CCN1CCOCC1.CN(C)CCO. The Morgan fingerprint density at radius 3 is 2.07 bits per heavy atom. The minimum Gasteiger partial charge on any atom is -0.395 e. The first-order chi connectivity index (χ1) is 6.70. The van der Waals surface area contributed by atoms with Gasteiger partial charge >= 0.3 is 0 Å². The number of aliphatic hydroxyl groups excluding tert-OH is 1. The van der Waals surface area contributed by atoms with Gasteiger partial charge in [0, 0.05) is 19.6 Å². The molecule has 1 saturated heterocycles. The molecule has 0 unspecified atom stereocenters. The van der Waals surface area contributed by atoms with Crippen LogP contribution in [0.4, 0.5) is 0 Å². The molecule has 0 aromatic heterocycles. The van der Waals surface area contributed by atoms with Crippen LogP contribution in [0.15, 0.2) is 0 Å². The summed E-state index contributed by atoms with van der Waals surface area (Å²) in [6.45, 7) is 8.47. The molecule has 0 saturated carbocycles. The van der Waals surface area contributed by atoms with E-state index < -0.39 is 0 Å². The summed E-state index contributed by atoms with van der Waals surface area (Å²) in [5.41, 5.74) is 0. The molecule has 1 fully saturated rings. The minimum atomic E-state index is 0.257. The fraction of sp³-hybridized carbons (Fsp3) is 1.00. The minimum absolute atomic E-state index is 0.257. The molecule has 1 N–H and O–H groups in total. The average molecular weight is 204 g/mol. The first-order valence-corrected chi connectivity index (χ1v) is 5.26. The number of likely N-dealkylation sites (N-methyl/N-ethyl adjacent to an activating group) is 2. The normalized spacial score (nSPS) is 17.8. The summed E-state index contributed by atoms with van der Waals surface area (Å²) in [7, 11) is 3.85. The molecule has 0 bridgehead atoms. The molecule has 4 nitrogen and oxygen atoms in total. The highest BCUT2D eigenvalue weighted by atomic mass is 16.5. The number of morpholine rings is 1. The standard InChI is InChI=1S/C6H13NO.C4H11NO/c1-2-7-3-5-8-6-4-7;1-5(2)3-4-6/h2-6H2,1H3;6H,3-4H2,1-2H3. The van der Waals surface area contributed by atoms with E-state index in [2.05, 4.69) is 11.8 Å². The number of ether oxygens (including phenoxy) is 1. The molecule has 0 radical (unpaired) electrons. The Kier molecular flexibility index (Phi) is 9.29. The second-order valence-electron chi connectivity index (χ2n) is 3.57. The van der Waals surface area contributed by atoms with E-state index in [0.29, 0.717) is 0 Å². The summed E-state index contributed by atoms with van der Waals surface area (Å²) < 4.78 is 5.16. The van der Waals surface area contributed by atoms with Crippen molar-refractivity contribution in [2.24, 2.45) is 0 Å². The molecular formula is C10H24N2O2. The summed E-state index contributed by atoms with van der Waals surface area (Å²) in [5.74, 6) is 0. The highest BCUT2D eigenvalue weighted by Gasteiger charge is 2.05. The average Bonchev–Trinajstić information content (AvgIpc) is 2.20. The fourth-order valence-electron chi connectivity index (χ4n) is 1.12. The molecule has 1 aliphatic heterocycles. The molecule has 0 atom stereocenters. The lowest BCUT2D eigenvalue weighted by molar-refractivity contribution is 0.0405. The number of rotatable bonds is 3. The van der Waals surface area contributed by atoms with Crippen LogP contribution in [-0.4, -0.2) is 75.0 Å². The molecule has 14 heavy (non-hydrogen) atoms. The van der Waals surface area contributed by atoms with Crippen LogP contribution >= 0.6 is 0 Å². The Labute approximate surface area is 87.5 Å². The molecule has 1 rings (SSSR count). The lowest BCUT2D eigenvalue weighted by Crippen LogP contribution is -2.35. The highest BCUT2D eigenvalue weighted by Crippen LogP contribution is 1.93. The topological polar surface area (TPSA) is 35.9 Å². The molecule has 0 aliphatic carbocycles. The van der Waals surface area contributed by atoms with E-state index in [1.807, 2.05) is 19.0 Å². The van der Waals surface area contributed by atoms with E-state index in [0.717, 1.165) is 32.8 Å². The van der Waals surface area contributed by atoms with Crippen LogP contribution in [0.1, 0.15) is 6.92 Å². The van der Waals surface area contributed by atoms with Gasteiger partial charge in [-0.2, -0.15) is 0 Å². The Morgan fingerprint density at radius 1 is 1.29 bits per heavy atom. The second kappa shape index (κ2) is 9.40. The third kappa shape index (κ3) is 8.44. The summed E-state index contributed by atoms with van der Waals surface area (Å²) in [6, 6.07) is 0. The Bertz CT molecular complexity index is 115. The van der Waals surface area contributed by atoms with Gasteiger partial charge in [-0.05, 0) is 20.6 Å². The fourth-order valence-corrected chi connectivity index (χ4v) is 1.12. The molecule has 0 aromatic rings. The first kappa shape index (κ1) is 13.8. The van der Waals surface area contributed by atoms with Crippen molar-refractivity contribution in [3.8, 4) is 0 Å². The van der Waals surface area contributed by atoms with Crippen LogP contribution in [0, 0.1) is 0 Å². The number of hydrogen-bond donors (Lipinski definition) is 1. The molecule has 1 aliphatic rings. The van der Waals surface area contributed by atoms with Crippen LogP contribution in [0.5, 0.6) is 0 Å². The Morgan fingerprint density at radius 2 is 1.86 bits per heavy atom. The van der Waals surface area contributed by atoms with Crippen molar-refractivity contribution in [3.05, 3.63) is 0 Å². The van der Waals surface area contributed by atoms with Gasteiger partial charge in [-0.15, -0.1) is 0 Å². The van der Waals surface area contributed by atoms with Gasteiger partial charge in [0.1, 0.15) is 0 Å². The van der Waals surface area contributed by atoms with E-state index in [1.54, 1.807) is 0 Å². The van der Waals surface area contributed by atoms with E-state index in [1.165, 1.54) is 6.54 Å². The van der Waals surface area contributed by atoms with Crippen molar-refractivity contribution >= 4 is 0 Å². The predicted molar refractivity (Wildman–Crippen MR) is 58.6 cm³/mol. The quantitative estimate of drug-likeness (QED) is 0.695. The van der Waals surface area contributed by atoms with Gasteiger partial charge in [-0.25, -0.2) is 0 Å². The largest absolute Gasteiger partial charge is 0.395 e. The van der Waals surface area contributed by atoms with Crippen LogP contribution in [0.3, 0.4) is 0 Å². The molecular weight excluding hydrogens is 180 g/mol. The third-order valence-electron chi connectivity index (χ3n) is 2.10. The number of nitrogens with zero attached hydrogens (tertiary/aromatic N) is 2. The van der Waals surface area contributed by atoms with Crippen LogP contribution in [-0.2, 0) is 4.74 Å². The third-order valence-corrected chi connectivity index (χ3v) is 2.10. The summed E-state index contributed by atoms with van der Waals surface area (Å²) in [4.78, 5) is 4.32. The lowest BCUT2D eigenvalue weighted by Gasteiger charge is -2.24. The zero-order valence-electron chi connectivity index (χ0n) is 9.70. The van der Waals surface area contributed by atoms with Gasteiger partial charge in [0.2, 0.25) is 0 Å². The molecule has 1 heterocycles. The van der Waals surface area contributed by atoms with E-state index >= 15 is 0 Å². The van der Waals surface area contributed by atoms with Crippen LogP contribution in [0.25, 0.3) is 0 Å². The highest BCUT2D eigenvalue weighted by molar-refractivity contribution is 4.57.